The first kappa shape index (κ1) is 38.3. The van der Waals surface area contributed by atoms with Crippen molar-refractivity contribution in [2.75, 3.05) is 112 Å². The molecule has 2 aromatic carbocycles. The minimum absolute atomic E-state index is 0.0371. The Morgan fingerprint density at radius 1 is 0.553 bits per heavy atom. The van der Waals surface area contributed by atoms with Crippen LogP contribution in [0.15, 0.2) is 48.5 Å². The zero-order chi connectivity index (χ0) is 33.2. The second-order valence-electron chi connectivity index (χ2n) is 10.5. The largest absolute Gasteiger partial charge is 0.463 e. The van der Waals surface area contributed by atoms with E-state index in [9.17, 15) is 9.59 Å². The summed E-state index contributed by atoms with van der Waals surface area (Å²) in [5.41, 5.74) is 4.77. The average Bonchev–Trinajstić information content (AvgIpc) is 3.41. The topological polar surface area (TPSA) is 129 Å². The molecule has 12 heteroatoms. The molecule has 0 atom stereocenters. The van der Waals surface area contributed by atoms with Gasteiger partial charge in [0.1, 0.15) is 13.2 Å². The average molecular weight is 662 g/mol. The monoisotopic (exact) mass is 661 g/mol. The van der Waals surface area contributed by atoms with Gasteiger partial charge in [-0.3, -0.25) is 4.79 Å². The molecule has 12 nitrogen and oxygen atoms in total. The van der Waals surface area contributed by atoms with Gasteiger partial charge in [-0.05, 0) is 28.7 Å². The highest BCUT2D eigenvalue weighted by Gasteiger charge is 2.28. The lowest BCUT2D eigenvalue weighted by atomic mass is 9.98. The van der Waals surface area contributed by atoms with Gasteiger partial charge in [-0.1, -0.05) is 55.5 Å². The van der Waals surface area contributed by atoms with Crippen molar-refractivity contribution >= 4 is 12.1 Å². The molecule has 0 saturated heterocycles. The first-order valence-electron chi connectivity index (χ1n) is 16.5. The summed E-state index contributed by atoms with van der Waals surface area (Å²) in [4.78, 5) is 23.4. The molecule has 3 rings (SSSR count). The van der Waals surface area contributed by atoms with Gasteiger partial charge in [-0.15, -0.1) is 0 Å². The van der Waals surface area contributed by atoms with Crippen LogP contribution in [0.3, 0.4) is 0 Å². The Bertz CT molecular complexity index is 1090. The molecule has 47 heavy (non-hydrogen) atoms. The van der Waals surface area contributed by atoms with Crippen molar-refractivity contribution in [1.29, 1.82) is 0 Å². The van der Waals surface area contributed by atoms with E-state index in [0.717, 1.165) is 6.42 Å². The molecule has 262 valence electrons. The molecule has 1 aliphatic rings. The maximum Gasteiger partial charge on any atom is 0.407 e. The van der Waals surface area contributed by atoms with Gasteiger partial charge in [0.15, 0.2) is 0 Å². The van der Waals surface area contributed by atoms with Gasteiger partial charge in [-0.25, -0.2) is 4.79 Å². The summed E-state index contributed by atoms with van der Waals surface area (Å²) in [7, 11) is 0. The summed E-state index contributed by atoms with van der Waals surface area (Å²) in [6, 6.07) is 16.5. The van der Waals surface area contributed by atoms with Crippen molar-refractivity contribution in [2.24, 2.45) is 0 Å². The van der Waals surface area contributed by atoms with Crippen molar-refractivity contribution in [3.05, 3.63) is 59.7 Å². The zero-order valence-corrected chi connectivity index (χ0v) is 27.6. The third-order valence-corrected chi connectivity index (χ3v) is 7.04. The van der Waals surface area contributed by atoms with Crippen LogP contribution in [0.4, 0.5) is 4.79 Å². The third kappa shape index (κ3) is 16.0. The van der Waals surface area contributed by atoms with E-state index < -0.39 is 6.09 Å². The maximum absolute atomic E-state index is 12.2. The van der Waals surface area contributed by atoms with Crippen molar-refractivity contribution in [2.45, 2.75) is 25.7 Å². The second-order valence-corrected chi connectivity index (χ2v) is 10.5. The lowest BCUT2D eigenvalue weighted by molar-refractivity contribution is -0.145. The van der Waals surface area contributed by atoms with Gasteiger partial charge in [0.05, 0.1) is 92.5 Å². The fraction of sp³-hybridized carbons (Fsp3) is 0.600. The molecule has 0 heterocycles. The number of amides is 1. The van der Waals surface area contributed by atoms with Crippen LogP contribution in [0.5, 0.6) is 0 Å². The van der Waals surface area contributed by atoms with E-state index in [2.05, 4.69) is 29.6 Å². The van der Waals surface area contributed by atoms with E-state index in [4.69, 9.17) is 42.6 Å². The van der Waals surface area contributed by atoms with E-state index in [0.29, 0.717) is 105 Å². The number of alkyl carbamates (subject to hydrolysis) is 1. The SMILES string of the molecule is CCCC(=O)OCCOCCOCCOCCOCCOCCOCCOCCNC(=O)OCC1c2ccccc2-c2ccccc21. The van der Waals surface area contributed by atoms with E-state index in [1.165, 1.54) is 22.3 Å². The predicted molar refractivity (Wildman–Crippen MR) is 175 cm³/mol. The van der Waals surface area contributed by atoms with Crippen molar-refractivity contribution in [3.63, 3.8) is 0 Å². The number of carbonyl (C=O) groups is 2. The van der Waals surface area contributed by atoms with Crippen molar-refractivity contribution < 1.29 is 52.2 Å². The minimum Gasteiger partial charge on any atom is -0.463 e. The molecule has 0 unspecified atom stereocenters. The molecule has 2 aromatic rings. The molecule has 1 N–H and O–H groups in total. The Hall–Kier alpha value is -3.10. The molecule has 0 aromatic heterocycles. The molecule has 0 saturated carbocycles. The van der Waals surface area contributed by atoms with Crippen LogP contribution in [0, 0.1) is 0 Å². The Balaban J connectivity index is 1.00. The third-order valence-electron chi connectivity index (χ3n) is 7.04. The van der Waals surface area contributed by atoms with Crippen molar-refractivity contribution in [3.8, 4) is 11.1 Å². The van der Waals surface area contributed by atoms with Crippen LogP contribution >= 0.6 is 0 Å². The van der Waals surface area contributed by atoms with E-state index in [1.54, 1.807) is 0 Å². The fourth-order valence-electron chi connectivity index (χ4n) is 4.79. The quantitative estimate of drug-likeness (QED) is 0.105. The van der Waals surface area contributed by atoms with Crippen LogP contribution < -0.4 is 5.32 Å². The fourth-order valence-corrected chi connectivity index (χ4v) is 4.79. The molecule has 0 radical (unpaired) electrons. The molecule has 0 spiro atoms. The van der Waals surface area contributed by atoms with Gasteiger partial charge >= 0.3 is 12.1 Å². The molecule has 0 aliphatic heterocycles. The van der Waals surface area contributed by atoms with Gasteiger partial charge < -0.3 is 47.9 Å². The van der Waals surface area contributed by atoms with E-state index >= 15 is 0 Å². The highest BCUT2D eigenvalue weighted by atomic mass is 16.6. The standard InChI is InChI=1S/C35H51NO11/c1-2-7-34(37)46-27-26-45-25-24-44-23-22-43-21-20-42-19-18-41-17-16-40-15-14-39-13-12-36-35(38)47-28-33-31-10-5-3-8-29(31)30-9-4-6-11-32(30)33/h3-6,8-11,33H,2,7,12-28H2,1H3,(H,36,38). The van der Waals surface area contributed by atoms with E-state index in [1.807, 2.05) is 31.2 Å². The first-order valence-corrected chi connectivity index (χ1v) is 16.5. The summed E-state index contributed by atoms with van der Waals surface area (Å²) in [5, 5.41) is 2.74. The van der Waals surface area contributed by atoms with Crippen LogP contribution in [-0.4, -0.2) is 124 Å². The smallest absolute Gasteiger partial charge is 0.407 e. The van der Waals surface area contributed by atoms with Gasteiger partial charge in [-0.2, -0.15) is 0 Å². The second kappa shape index (κ2) is 25.0. The number of esters is 1. The van der Waals surface area contributed by atoms with Crippen LogP contribution in [0.25, 0.3) is 11.1 Å². The Morgan fingerprint density at radius 2 is 0.957 bits per heavy atom. The molecule has 0 fully saturated rings. The number of carbonyl (C=O) groups excluding carboxylic acids is 2. The van der Waals surface area contributed by atoms with Crippen LogP contribution in [0.1, 0.15) is 36.8 Å². The number of hydrogen-bond acceptors (Lipinski definition) is 11. The van der Waals surface area contributed by atoms with Gasteiger partial charge in [0.25, 0.3) is 0 Å². The summed E-state index contributed by atoms with van der Waals surface area (Å²) < 4.78 is 48.7. The molecular formula is C35H51NO11. The summed E-state index contributed by atoms with van der Waals surface area (Å²) >= 11 is 0. The lowest BCUT2D eigenvalue weighted by Gasteiger charge is -2.14. The Labute approximate surface area is 278 Å². The van der Waals surface area contributed by atoms with E-state index in [-0.39, 0.29) is 25.1 Å². The van der Waals surface area contributed by atoms with Crippen LogP contribution in [0.2, 0.25) is 0 Å². The zero-order valence-electron chi connectivity index (χ0n) is 27.6. The number of benzene rings is 2. The van der Waals surface area contributed by atoms with Crippen molar-refractivity contribution in [1.82, 2.24) is 5.32 Å². The first-order chi connectivity index (χ1) is 23.2. The lowest BCUT2D eigenvalue weighted by Crippen LogP contribution is -2.29. The summed E-state index contributed by atoms with van der Waals surface area (Å²) in [5.74, 6) is -0.155. The predicted octanol–water partition coefficient (Wildman–Crippen LogP) is 3.98. The molecule has 1 amide bonds. The highest BCUT2D eigenvalue weighted by molar-refractivity contribution is 5.79. The number of nitrogens with one attached hydrogen (secondary N) is 1. The highest BCUT2D eigenvalue weighted by Crippen LogP contribution is 2.44. The Kier molecular flexibility index (Phi) is 20.4. The number of fused-ring (bicyclic) bond motifs is 3. The number of hydrogen-bond donors (Lipinski definition) is 1. The number of rotatable bonds is 28. The maximum atomic E-state index is 12.2. The molecular weight excluding hydrogens is 610 g/mol. The summed E-state index contributed by atoms with van der Waals surface area (Å²) in [6.07, 6.45) is 0.765. The van der Waals surface area contributed by atoms with Gasteiger partial charge in [0, 0.05) is 18.9 Å². The molecule has 0 bridgehead atoms. The Morgan fingerprint density at radius 3 is 1.40 bits per heavy atom. The van der Waals surface area contributed by atoms with Crippen LogP contribution in [-0.2, 0) is 47.4 Å². The molecule has 1 aliphatic carbocycles. The van der Waals surface area contributed by atoms with Gasteiger partial charge in [0.2, 0.25) is 0 Å². The normalized spacial score (nSPS) is 12.1. The summed E-state index contributed by atoms with van der Waals surface area (Å²) in [6.45, 7) is 9.13. The number of ether oxygens (including phenoxy) is 9. The minimum atomic E-state index is -0.454.